The summed E-state index contributed by atoms with van der Waals surface area (Å²) >= 11 is 3.18. The molecule has 1 aliphatic rings. The zero-order valence-electron chi connectivity index (χ0n) is 14.9. The van der Waals surface area contributed by atoms with Crippen molar-refractivity contribution in [1.29, 1.82) is 0 Å². The molecule has 0 aliphatic heterocycles. The smallest absolute Gasteiger partial charge is 0.338 e. The third-order valence-electron chi connectivity index (χ3n) is 4.24. The quantitative estimate of drug-likeness (QED) is 0.548. The first-order valence-electron chi connectivity index (χ1n) is 8.62. The number of ether oxygens (including phenoxy) is 1. The normalized spacial score (nSPS) is 14.7. The van der Waals surface area contributed by atoms with Crippen LogP contribution < -0.4 is 5.32 Å². The van der Waals surface area contributed by atoms with Gasteiger partial charge in [-0.3, -0.25) is 4.79 Å². The molecule has 138 valence electrons. The Balaban J connectivity index is 1.54. The molecule has 1 heterocycles. The van der Waals surface area contributed by atoms with Crippen LogP contribution in [-0.2, 0) is 15.3 Å². The molecule has 1 saturated carbocycles. The number of aromatic nitrogens is 1. The minimum atomic E-state index is -0.467. The van der Waals surface area contributed by atoms with E-state index in [0.29, 0.717) is 17.2 Å². The third kappa shape index (κ3) is 5.32. The number of amides is 1. The fourth-order valence-corrected chi connectivity index (χ4v) is 4.46. The molecule has 1 aliphatic carbocycles. The van der Waals surface area contributed by atoms with Gasteiger partial charge in [-0.15, -0.1) is 11.3 Å². The lowest BCUT2D eigenvalue weighted by molar-refractivity contribution is -0.124. The summed E-state index contributed by atoms with van der Waals surface area (Å²) in [5.41, 5.74) is 2.37. The highest BCUT2D eigenvalue weighted by Gasteiger charge is 2.29. The molecular weight excluding hydrogens is 368 g/mol. The zero-order valence-corrected chi connectivity index (χ0v) is 16.5. The lowest BCUT2D eigenvalue weighted by Crippen LogP contribution is -2.37. The van der Waals surface area contributed by atoms with E-state index in [4.69, 9.17) is 4.74 Å². The lowest BCUT2D eigenvalue weighted by atomic mass is 10.1. The average Bonchev–Trinajstić information content (AvgIpc) is 3.40. The van der Waals surface area contributed by atoms with Gasteiger partial charge in [0.25, 0.3) is 5.91 Å². The maximum Gasteiger partial charge on any atom is 0.338 e. The molecule has 1 fully saturated rings. The van der Waals surface area contributed by atoms with Gasteiger partial charge in [-0.05, 0) is 44.2 Å². The van der Waals surface area contributed by atoms with E-state index in [-0.39, 0.29) is 18.6 Å². The van der Waals surface area contributed by atoms with Gasteiger partial charge in [0, 0.05) is 22.9 Å². The number of rotatable bonds is 8. The number of thioether (sulfide) groups is 1. The number of esters is 1. The molecule has 0 spiro atoms. The molecule has 3 rings (SSSR count). The van der Waals surface area contributed by atoms with Crippen LogP contribution in [0.15, 0.2) is 34.0 Å². The van der Waals surface area contributed by atoms with Crippen LogP contribution in [0.3, 0.4) is 0 Å². The highest BCUT2D eigenvalue weighted by atomic mass is 32.2. The second kappa shape index (κ2) is 8.68. The van der Waals surface area contributed by atoms with Crippen LogP contribution >= 0.6 is 23.1 Å². The molecule has 1 aromatic heterocycles. The minimum Gasteiger partial charge on any atom is -0.452 e. The van der Waals surface area contributed by atoms with E-state index in [9.17, 15) is 9.59 Å². The van der Waals surface area contributed by atoms with Crippen molar-refractivity contribution in [2.24, 2.45) is 5.92 Å². The number of carbonyl (C=O) groups excluding carboxylic acids is 2. The summed E-state index contributed by atoms with van der Waals surface area (Å²) in [6, 6.07) is 7.47. The maximum atomic E-state index is 12.4. The molecule has 2 aromatic rings. The first kappa shape index (κ1) is 18.9. The topological polar surface area (TPSA) is 68.3 Å². The predicted molar refractivity (Wildman–Crippen MR) is 103 cm³/mol. The van der Waals surface area contributed by atoms with Crippen molar-refractivity contribution < 1.29 is 14.3 Å². The SMILES string of the molecule is Cc1csc(SCc2ccccc2C(=O)OCC(=O)N[C@@H](C)C2CC2)n1. The van der Waals surface area contributed by atoms with Crippen molar-refractivity contribution in [1.82, 2.24) is 10.3 Å². The summed E-state index contributed by atoms with van der Waals surface area (Å²) < 4.78 is 6.19. The number of nitrogens with zero attached hydrogens (tertiary/aromatic N) is 1. The van der Waals surface area contributed by atoms with Gasteiger partial charge >= 0.3 is 5.97 Å². The number of hydrogen-bond donors (Lipinski definition) is 1. The average molecular weight is 391 g/mol. The Hall–Kier alpha value is -1.86. The number of aryl methyl sites for hydroxylation is 1. The minimum absolute atomic E-state index is 0.145. The van der Waals surface area contributed by atoms with Gasteiger partial charge in [0.2, 0.25) is 0 Å². The number of hydrogen-bond acceptors (Lipinski definition) is 6. The monoisotopic (exact) mass is 390 g/mol. The second-order valence-corrected chi connectivity index (χ2v) is 8.55. The van der Waals surface area contributed by atoms with E-state index in [1.165, 1.54) is 0 Å². The van der Waals surface area contributed by atoms with Crippen LogP contribution in [-0.4, -0.2) is 29.5 Å². The standard InChI is InChI=1S/C19H22N2O3S2/c1-12-10-25-19(20-12)26-11-15-5-3-4-6-16(15)18(23)24-9-17(22)21-13(2)14-7-8-14/h3-6,10,13-14H,7-9,11H2,1-2H3,(H,21,22)/t13-/m0/s1. The zero-order chi connectivity index (χ0) is 18.5. The maximum absolute atomic E-state index is 12.4. The Morgan fingerprint density at radius 2 is 2.15 bits per heavy atom. The van der Waals surface area contributed by atoms with Crippen LogP contribution in [0.25, 0.3) is 0 Å². The van der Waals surface area contributed by atoms with Gasteiger partial charge in [-0.2, -0.15) is 0 Å². The molecule has 1 amide bonds. The fraction of sp³-hybridized carbons (Fsp3) is 0.421. The van der Waals surface area contributed by atoms with E-state index >= 15 is 0 Å². The van der Waals surface area contributed by atoms with Crippen molar-refractivity contribution >= 4 is 35.0 Å². The molecule has 0 saturated heterocycles. The Kier molecular flexibility index (Phi) is 6.32. The first-order valence-corrected chi connectivity index (χ1v) is 10.5. The van der Waals surface area contributed by atoms with E-state index in [1.807, 2.05) is 31.4 Å². The van der Waals surface area contributed by atoms with Crippen LogP contribution in [0.2, 0.25) is 0 Å². The Morgan fingerprint density at radius 3 is 2.85 bits per heavy atom. The highest BCUT2D eigenvalue weighted by Crippen LogP contribution is 2.32. The summed E-state index contributed by atoms with van der Waals surface area (Å²) in [7, 11) is 0. The molecular formula is C19H22N2O3S2. The van der Waals surface area contributed by atoms with Crippen LogP contribution in [0, 0.1) is 12.8 Å². The van der Waals surface area contributed by atoms with Crippen LogP contribution in [0.5, 0.6) is 0 Å². The number of carbonyl (C=O) groups is 2. The molecule has 1 aromatic carbocycles. The van der Waals surface area contributed by atoms with E-state index in [1.54, 1.807) is 35.2 Å². The van der Waals surface area contributed by atoms with Crippen LogP contribution in [0.1, 0.15) is 41.4 Å². The van der Waals surface area contributed by atoms with Gasteiger partial charge in [0.1, 0.15) is 4.34 Å². The van der Waals surface area contributed by atoms with E-state index < -0.39 is 5.97 Å². The summed E-state index contributed by atoms with van der Waals surface area (Å²) in [6.45, 7) is 3.70. The van der Waals surface area contributed by atoms with E-state index in [2.05, 4.69) is 10.3 Å². The van der Waals surface area contributed by atoms with Crippen LogP contribution in [0.4, 0.5) is 0 Å². The lowest BCUT2D eigenvalue weighted by Gasteiger charge is -2.13. The van der Waals surface area contributed by atoms with E-state index in [0.717, 1.165) is 28.4 Å². The molecule has 1 N–H and O–H groups in total. The van der Waals surface area contributed by atoms with Gasteiger partial charge in [0.15, 0.2) is 6.61 Å². The van der Waals surface area contributed by atoms with Crippen molar-refractivity contribution in [2.45, 2.75) is 42.8 Å². The predicted octanol–water partition coefficient (Wildman–Crippen LogP) is 3.82. The molecule has 1 atom stereocenters. The number of benzene rings is 1. The van der Waals surface area contributed by atoms with Crippen molar-refractivity contribution in [3.63, 3.8) is 0 Å². The fourth-order valence-electron chi connectivity index (χ4n) is 2.60. The Morgan fingerprint density at radius 1 is 1.38 bits per heavy atom. The molecule has 0 unspecified atom stereocenters. The second-order valence-electron chi connectivity index (χ2n) is 6.47. The van der Waals surface area contributed by atoms with Gasteiger partial charge in [-0.25, -0.2) is 9.78 Å². The van der Waals surface area contributed by atoms with Gasteiger partial charge in [0.05, 0.1) is 5.56 Å². The summed E-state index contributed by atoms with van der Waals surface area (Å²) in [5, 5.41) is 4.89. The number of thiazole rings is 1. The Labute approximate surface area is 161 Å². The third-order valence-corrected chi connectivity index (χ3v) is 6.43. The number of nitrogens with one attached hydrogen (secondary N) is 1. The summed E-state index contributed by atoms with van der Waals surface area (Å²) in [4.78, 5) is 28.7. The highest BCUT2D eigenvalue weighted by molar-refractivity contribution is 8.00. The summed E-state index contributed by atoms with van der Waals surface area (Å²) in [5.74, 6) is 0.485. The Bertz CT molecular complexity index is 787. The molecule has 26 heavy (non-hydrogen) atoms. The molecule has 0 radical (unpaired) electrons. The first-order chi connectivity index (χ1) is 12.5. The van der Waals surface area contributed by atoms with Crippen molar-refractivity contribution in [2.75, 3.05) is 6.61 Å². The largest absolute Gasteiger partial charge is 0.452 e. The van der Waals surface area contributed by atoms with Crippen molar-refractivity contribution in [3.05, 3.63) is 46.5 Å². The molecule has 5 nitrogen and oxygen atoms in total. The molecule has 7 heteroatoms. The van der Waals surface area contributed by atoms with Gasteiger partial charge < -0.3 is 10.1 Å². The van der Waals surface area contributed by atoms with Crippen molar-refractivity contribution in [3.8, 4) is 0 Å². The van der Waals surface area contributed by atoms with Gasteiger partial charge in [-0.1, -0.05) is 30.0 Å². The summed E-state index contributed by atoms with van der Waals surface area (Å²) in [6.07, 6.45) is 2.32. The molecule has 0 bridgehead atoms.